The Labute approximate surface area is 95.4 Å². The molecular formula is C13H28N2. The molecule has 2 heteroatoms. The summed E-state index contributed by atoms with van der Waals surface area (Å²) in [6, 6.07) is 0. The molecule has 0 spiro atoms. The van der Waals surface area contributed by atoms with Crippen molar-refractivity contribution < 1.29 is 0 Å². The number of nitrogens with zero attached hydrogens (tertiary/aromatic N) is 1. The van der Waals surface area contributed by atoms with E-state index in [-0.39, 0.29) is 5.54 Å². The van der Waals surface area contributed by atoms with E-state index in [1.54, 1.807) is 0 Å². The van der Waals surface area contributed by atoms with Crippen LogP contribution in [0.5, 0.6) is 0 Å². The van der Waals surface area contributed by atoms with E-state index < -0.39 is 0 Å². The number of likely N-dealkylation sites (N-methyl/N-ethyl adjacent to an activating group) is 1. The minimum absolute atomic E-state index is 0.248. The van der Waals surface area contributed by atoms with E-state index >= 15 is 0 Å². The number of likely N-dealkylation sites (tertiary alicyclic amines) is 1. The molecule has 1 aliphatic rings. The molecule has 2 nitrogen and oxygen atoms in total. The standard InChI is InChI=1S/C13H28N2/c1-6-13(7-2)8-9-15(11-13)10-12(3,4)14-5/h14H,6-11H2,1-5H3. The molecule has 0 aromatic carbocycles. The van der Waals surface area contributed by atoms with Crippen molar-refractivity contribution in [3.63, 3.8) is 0 Å². The van der Waals surface area contributed by atoms with Gasteiger partial charge >= 0.3 is 0 Å². The average molecular weight is 212 g/mol. The second kappa shape index (κ2) is 4.84. The van der Waals surface area contributed by atoms with Gasteiger partial charge < -0.3 is 10.2 Å². The minimum Gasteiger partial charge on any atom is -0.314 e. The summed E-state index contributed by atoms with van der Waals surface area (Å²) in [6.07, 6.45) is 4.06. The van der Waals surface area contributed by atoms with Crippen LogP contribution >= 0.6 is 0 Å². The number of nitrogens with one attached hydrogen (secondary N) is 1. The third-order valence-corrected chi connectivity index (χ3v) is 4.31. The van der Waals surface area contributed by atoms with Crippen LogP contribution in [0.3, 0.4) is 0 Å². The summed E-state index contributed by atoms with van der Waals surface area (Å²) in [4.78, 5) is 2.63. The van der Waals surface area contributed by atoms with Crippen LogP contribution in [0, 0.1) is 5.41 Å². The molecule has 1 heterocycles. The van der Waals surface area contributed by atoms with Gasteiger partial charge in [0.05, 0.1) is 0 Å². The summed E-state index contributed by atoms with van der Waals surface area (Å²) in [5.74, 6) is 0. The smallest absolute Gasteiger partial charge is 0.0249 e. The van der Waals surface area contributed by atoms with E-state index in [0.29, 0.717) is 5.41 Å². The maximum absolute atomic E-state index is 3.39. The number of rotatable bonds is 5. The predicted molar refractivity (Wildman–Crippen MR) is 67.2 cm³/mol. The quantitative estimate of drug-likeness (QED) is 0.753. The van der Waals surface area contributed by atoms with Crippen LogP contribution in [0.25, 0.3) is 0 Å². The highest BCUT2D eigenvalue weighted by Gasteiger charge is 2.36. The zero-order valence-electron chi connectivity index (χ0n) is 11.2. The molecular weight excluding hydrogens is 184 g/mol. The van der Waals surface area contributed by atoms with Crippen LogP contribution in [0.4, 0.5) is 0 Å². The fraction of sp³-hybridized carbons (Fsp3) is 1.00. The molecule has 1 aliphatic heterocycles. The Morgan fingerprint density at radius 1 is 1.27 bits per heavy atom. The Morgan fingerprint density at radius 3 is 2.27 bits per heavy atom. The third-order valence-electron chi connectivity index (χ3n) is 4.31. The van der Waals surface area contributed by atoms with Crippen molar-refractivity contribution in [2.75, 3.05) is 26.7 Å². The summed E-state index contributed by atoms with van der Waals surface area (Å²) >= 11 is 0. The van der Waals surface area contributed by atoms with Crippen LogP contribution in [0.15, 0.2) is 0 Å². The lowest BCUT2D eigenvalue weighted by atomic mass is 9.82. The molecule has 0 amide bonds. The van der Waals surface area contributed by atoms with E-state index in [1.807, 2.05) is 0 Å². The van der Waals surface area contributed by atoms with Gasteiger partial charge in [0.1, 0.15) is 0 Å². The van der Waals surface area contributed by atoms with Gasteiger partial charge in [-0.05, 0) is 52.1 Å². The van der Waals surface area contributed by atoms with Crippen molar-refractivity contribution in [3.8, 4) is 0 Å². The highest BCUT2D eigenvalue weighted by molar-refractivity contribution is 4.91. The fourth-order valence-corrected chi connectivity index (χ4v) is 2.63. The van der Waals surface area contributed by atoms with Crippen molar-refractivity contribution in [2.45, 2.75) is 52.5 Å². The molecule has 0 aliphatic carbocycles. The van der Waals surface area contributed by atoms with Crippen molar-refractivity contribution in [1.82, 2.24) is 10.2 Å². The first-order chi connectivity index (χ1) is 6.97. The van der Waals surface area contributed by atoms with Gasteiger partial charge in [-0.1, -0.05) is 13.8 Å². The first-order valence-corrected chi connectivity index (χ1v) is 6.38. The molecule has 0 saturated carbocycles. The normalized spacial score (nSPS) is 22.2. The second-order valence-corrected chi connectivity index (χ2v) is 5.80. The van der Waals surface area contributed by atoms with Gasteiger partial charge in [0, 0.05) is 18.6 Å². The van der Waals surface area contributed by atoms with Crippen LogP contribution < -0.4 is 5.32 Å². The molecule has 0 aromatic rings. The van der Waals surface area contributed by atoms with Crippen LogP contribution in [-0.4, -0.2) is 37.1 Å². The zero-order chi connectivity index (χ0) is 11.5. The molecule has 1 fully saturated rings. The Morgan fingerprint density at radius 2 is 1.87 bits per heavy atom. The van der Waals surface area contributed by atoms with E-state index in [4.69, 9.17) is 0 Å². The van der Waals surface area contributed by atoms with Gasteiger partial charge in [0.25, 0.3) is 0 Å². The number of hydrogen-bond acceptors (Lipinski definition) is 2. The van der Waals surface area contributed by atoms with Gasteiger partial charge in [-0.15, -0.1) is 0 Å². The lowest BCUT2D eigenvalue weighted by molar-refractivity contribution is 0.202. The second-order valence-electron chi connectivity index (χ2n) is 5.80. The van der Waals surface area contributed by atoms with E-state index in [9.17, 15) is 0 Å². The summed E-state index contributed by atoms with van der Waals surface area (Å²) in [7, 11) is 2.06. The van der Waals surface area contributed by atoms with Crippen molar-refractivity contribution >= 4 is 0 Å². The Hall–Kier alpha value is -0.0800. The van der Waals surface area contributed by atoms with Gasteiger partial charge in [-0.2, -0.15) is 0 Å². The molecule has 1 N–H and O–H groups in total. The molecule has 0 aromatic heterocycles. The Kier molecular flexibility index (Phi) is 4.19. The van der Waals surface area contributed by atoms with Crippen molar-refractivity contribution in [2.24, 2.45) is 5.41 Å². The topological polar surface area (TPSA) is 15.3 Å². The molecule has 1 saturated heterocycles. The SMILES string of the molecule is CCC1(CC)CCN(CC(C)(C)NC)C1. The van der Waals surface area contributed by atoms with E-state index in [1.165, 1.54) is 38.9 Å². The fourth-order valence-electron chi connectivity index (χ4n) is 2.63. The van der Waals surface area contributed by atoms with E-state index in [2.05, 4.69) is 45.0 Å². The monoisotopic (exact) mass is 212 g/mol. The van der Waals surface area contributed by atoms with Crippen LogP contribution in [0.2, 0.25) is 0 Å². The van der Waals surface area contributed by atoms with Crippen LogP contribution in [0.1, 0.15) is 47.0 Å². The lowest BCUT2D eigenvalue weighted by Gasteiger charge is -2.32. The molecule has 0 radical (unpaired) electrons. The molecule has 0 atom stereocenters. The summed E-state index contributed by atoms with van der Waals surface area (Å²) in [6.45, 7) is 13.0. The summed E-state index contributed by atoms with van der Waals surface area (Å²) in [5.41, 5.74) is 0.862. The average Bonchev–Trinajstić information content (AvgIpc) is 2.62. The Bertz CT molecular complexity index is 195. The van der Waals surface area contributed by atoms with Gasteiger partial charge in [-0.25, -0.2) is 0 Å². The molecule has 0 bridgehead atoms. The van der Waals surface area contributed by atoms with Crippen LogP contribution in [-0.2, 0) is 0 Å². The summed E-state index contributed by atoms with van der Waals surface area (Å²) in [5, 5.41) is 3.39. The van der Waals surface area contributed by atoms with Gasteiger partial charge in [0.2, 0.25) is 0 Å². The minimum atomic E-state index is 0.248. The van der Waals surface area contributed by atoms with Gasteiger partial charge in [-0.3, -0.25) is 0 Å². The highest BCUT2D eigenvalue weighted by Crippen LogP contribution is 2.37. The molecule has 0 unspecified atom stereocenters. The molecule has 15 heavy (non-hydrogen) atoms. The molecule has 1 rings (SSSR count). The summed E-state index contributed by atoms with van der Waals surface area (Å²) < 4.78 is 0. The predicted octanol–water partition coefficient (Wildman–Crippen LogP) is 2.50. The lowest BCUT2D eigenvalue weighted by Crippen LogP contribution is -2.47. The first kappa shape index (κ1) is 13.0. The zero-order valence-corrected chi connectivity index (χ0v) is 11.2. The number of hydrogen-bond donors (Lipinski definition) is 1. The molecule has 90 valence electrons. The Balaban J connectivity index is 2.49. The van der Waals surface area contributed by atoms with Crippen molar-refractivity contribution in [1.29, 1.82) is 0 Å². The van der Waals surface area contributed by atoms with E-state index in [0.717, 1.165) is 0 Å². The maximum Gasteiger partial charge on any atom is 0.0249 e. The first-order valence-electron chi connectivity index (χ1n) is 6.38. The maximum atomic E-state index is 3.39. The largest absolute Gasteiger partial charge is 0.314 e. The van der Waals surface area contributed by atoms with Gasteiger partial charge in [0.15, 0.2) is 0 Å². The van der Waals surface area contributed by atoms with Crippen molar-refractivity contribution in [3.05, 3.63) is 0 Å². The third kappa shape index (κ3) is 3.18. The highest BCUT2D eigenvalue weighted by atomic mass is 15.2.